The van der Waals surface area contributed by atoms with Crippen molar-refractivity contribution in [2.45, 2.75) is 26.8 Å². The Kier molecular flexibility index (Phi) is 5.02. The summed E-state index contributed by atoms with van der Waals surface area (Å²) >= 11 is 3.45. The van der Waals surface area contributed by atoms with Gasteiger partial charge in [0.2, 0.25) is 5.91 Å². The number of halogens is 1. The predicted molar refractivity (Wildman–Crippen MR) is 79.7 cm³/mol. The SMILES string of the molecule is CCN(C)C(=O)C(C)Nc1cc(C)c(N)cc1Br. The van der Waals surface area contributed by atoms with Crippen molar-refractivity contribution in [3.05, 3.63) is 22.2 Å². The number of likely N-dealkylation sites (N-methyl/N-ethyl adjacent to an activating group) is 1. The first-order valence-corrected chi connectivity index (χ1v) is 6.73. The molecule has 5 heteroatoms. The smallest absolute Gasteiger partial charge is 0.244 e. The van der Waals surface area contributed by atoms with Crippen LogP contribution in [0.4, 0.5) is 11.4 Å². The van der Waals surface area contributed by atoms with Crippen LogP contribution >= 0.6 is 15.9 Å². The highest BCUT2D eigenvalue weighted by molar-refractivity contribution is 9.10. The number of benzene rings is 1. The van der Waals surface area contributed by atoms with Crippen molar-refractivity contribution >= 4 is 33.2 Å². The number of hydrogen-bond donors (Lipinski definition) is 2. The number of nitrogen functional groups attached to an aromatic ring is 1. The molecule has 0 aliphatic carbocycles. The van der Waals surface area contributed by atoms with Gasteiger partial charge in [-0.25, -0.2) is 0 Å². The number of nitrogens with zero attached hydrogens (tertiary/aromatic N) is 1. The van der Waals surface area contributed by atoms with Crippen LogP contribution in [-0.2, 0) is 4.79 Å². The van der Waals surface area contributed by atoms with Gasteiger partial charge in [-0.05, 0) is 54.4 Å². The Balaban J connectivity index is 2.85. The van der Waals surface area contributed by atoms with Crippen LogP contribution in [-0.4, -0.2) is 30.4 Å². The van der Waals surface area contributed by atoms with Crippen molar-refractivity contribution in [1.82, 2.24) is 4.90 Å². The molecule has 0 aliphatic heterocycles. The lowest BCUT2D eigenvalue weighted by Crippen LogP contribution is -2.38. The third kappa shape index (κ3) is 3.38. The molecule has 1 aromatic rings. The molecule has 0 aromatic heterocycles. The van der Waals surface area contributed by atoms with Crippen LogP contribution in [0.3, 0.4) is 0 Å². The molecule has 1 rings (SSSR count). The molecule has 1 aromatic carbocycles. The molecule has 0 saturated carbocycles. The number of rotatable bonds is 4. The summed E-state index contributed by atoms with van der Waals surface area (Å²) < 4.78 is 0.865. The number of carbonyl (C=O) groups excluding carboxylic acids is 1. The van der Waals surface area contributed by atoms with Gasteiger partial charge in [0.1, 0.15) is 6.04 Å². The first kappa shape index (κ1) is 14.8. The summed E-state index contributed by atoms with van der Waals surface area (Å²) in [6.45, 7) is 6.45. The molecular formula is C13H20BrN3O. The minimum atomic E-state index is -0.269. The lowest BCUT2D eigenvalue weighted by atomic mass is 10.1. The second kappa shape index (κ2) is 6.09. The van der Waals surface area contributed by atoms with Crippen molar-refractivity contribution in [3.8, 4) is 0 Å². The normalized spacial score (nSPS) is 12.1. The van der Waals surface area contributed by atoms with E-state index in [1.54, 1.807) is 11.9 Å². The van der Waals surface area contributed by atoms with Crippen molar-refractivity contribution in [2.75, 3.05) is 24.6 Å². The quantitative estimate of drug-likeness (QED) is 0.840. The summed E-state index contributed by atoms with van der Waals surface area (Å²) in [5.74, 6) is 0.0684. The van der Waals surface area contributed by atoms with Gasteiger partial charge in [0.05, 0.1) is 0 Å². The van der Waals surface area contributed by atoms with Crippen LogP contribution < -0.4 is 11.1 Å². The maximum atomic E-state index is 12.0. The molecule has 1 amide bonds. The van der Waals surface area contributed by atoms with E-state index in [1.165, 1.54) is 0 Å². The second-order valence-corrected chi connectivity index (χ2v) is 5.26. The summed E-state index contributed by atoms with van der Waals surface area (Å²) in [5, 5.41) is 3.20. The van der Waals surface area contributed by atoms with Crippen LogP contribution in [0.15, 0.2) is 16.6 Å². The number of hydrogen-bond acceptors (Lipinski definition) is 3. The fraction of sp³-hybridized carbons (Fsp3) is 0.462. The summed E-state index contributed by atoms with van der Waals surface area (Å²) in [5.41, 5.74) is 8.42. The van der Waals surface area contributed by atoms with E-state index in [4.69, 9.17) is 5.73 Å². The van der Waals surface area contributed by atoms with Crippen molar-refractivity contribution in [2.24, 2.45) is 0 Å². The summed E-state index contributed by atoms with van der Waals surface area (Å²) in [4.78, 5) is 13.7. The zero-order valence-electron chi connectivity index (χ0n) is 11.2. The Labute approximate surface area is 117 Å². The van der Waals surface area contributed by atoms with E-state index in [-0.39, 0.29) is 11.9 Å². The van der Waals surface area contributed by atoms with E-state index in [0.717, 1.165) is 21.4 Å². The number of anilines is 2. The summed E-state index contributed by atoms with van der Waals surface area (Å²) in [6, 6.07) is 3.52. The van der Waals surface area contributed by atoms with E-state index in [2.05, 4.69) is 21.2 Å². The van der Waals surface area contributed by atoms with Gasteiger partial charge in [-0.2, -0.15) is 0 Å². The monoisotopic (exact) mass is 313 g/mol. The Hall–Kier alpha value is -1.23. The van der Waals surface area contributed by atoms with Gasteiger partial charge in [-0.1, -0.05) is 0 Å². The van der Waals surface area contributed by atoms with Crippen molar-refractivity contribution in [3.63, 3.8) is 0 Å². The van der Waals surface area contributed by atoms with Gasteiger partial charge >= 0.3 is 0 Å². The first-order chi connectivity index (χ1) is 8.36. The average Bonchev–Trinajstić information content (AvgIpc) is 2.33. The summed E-state index contributed by atoms with van der Waals surface area (Å²) in [7, 11) is 1.80. The van der Waals surface area contributed by atoms with E-state index < -0.39 is 0 Å². The maximum Gasteiger partial charge on any atom is 0.244 e. The van der Waals surface area contributed by atoms with Gasteiger partial charge in [0.25, 0.3) is 0 Å². The molecular weight excluding hydrogens is 294 g/mol. The molecule has 0 aliphatic rings. The highest BCUT2D eigenvalue weighted by atomic mass is 79.9. The lowest BCUT2D eigenvalue weighted by Gasteiger charge is -2.22. The molecule has 0 fully saturated rings. The van der Waals surface area contributed by atoms with E-state index in [0.29, 0.717) is 6.54 Å². The minimum Gasteiger partial charge on any atom is -0.398 e. The maximum absolute atomic E-state index is 12.0. The van der Waals surface area contributed by atoms with Crippen LogP contribution in [0.25, 0.3) is 0 Å². The number of nitrogens with one attached hydrogen (secondary N) is 1. The number of carbonyl (C=O) groups is 1. The zero-order chi connectivity index (χ0) is 13.9. The van der Waals surface area contributed by atoms with Gasteiger partial charge in [-0.15, -0.1) is 0 Å². The molecule has 4 nitrogen and oxygen atoms in total. The van der Waals surface area contributed by atoms with E-state index in [9.17, 15) is 4.79 Å². The standard InChI is InChI=1S/C13H20BrN3O/c1-5-17(4)13(18)9(3)16-12-6-8(2)11(15)7-10(12)14/h6-7,9,16H,5,15H2,1-4H3. The first-order valence-electron chi connectivity index (χ1n) is 5.94. The van der Waals surface area contributed by atoms with Crippen LogP contribution in [0.5, 0.6) is 0 Å². The molecule has 0 saturated heterocycles. The zero-order valence-corrected chi connectivity index (χ0v) is 12.8. The molecule has 1 unspecified atom stereocenters. The molecule has 0 spiro atoms. The van der Waals surface area contributed by atoms with Gasteiger partial charge in [-0.3, -0.25) is 4.79 Å². The second-order valence-electron chi connectivity index (χ2n) is 4.41. The fourth-order valence-electron chi connectivity index (χ4n) is 1.59. The van der Waals surface area contributed by atoms with Gasteiger partial charge in [0, 0.05) is 29.4 Å². The minimum absolute atomic E-state index is 0.0684. The fourth-order valence-corrected chi connectivity index (χ4v) is 2.06. The Morgan fingerprint density at radius 1 is 1.56 bits per heavy atom. The van der Waals surface area contributed by atoms with Gasteiger partial charge in [0.15, 0.2) is 0 Å². The highest BCUT2D eigenvalue weighted by Crippen LogP contribution is 2.28. The molecule has 18 heavy (non-hydrogen) atoms. The third-order valence-corrected chi connectivity index (χ3v) is 3.60. The Bertz CT molecular complexity index is 448. The molecule has 0 radical (unpaired) electrons. The molecule has 1 atom stereocenters. The highest BCUT2D eigenvalue weighted by Gasteiger charge is 2.17. The topological polar surface area (TPSA) is 58.4 Å². The predicted octanol–water partition coefficient (Wildman–Crippen LogP) is 2.62. The van der Waals surface area contributed by atoms with Crippen LogP contribution in [0, 0.1) is 6.92 Å². The molecule has 0 bridgehead atoms. The average molecular weight is 314 g/mol. The Morgan fingerprint density at radius 2 is 2.17 bits per heavy atom. The Morgan fingerprint density at radius 3 is 2.72 bits per heavy atom. The van der Waals surface area contributed by atoms with Crippen LogP contribution in [0.1, 0.15) is 19.4 Å². The van der Waals surface area contributed by atoms with Crippen molar-refractivity contribution in [1.29, 1.82) is 0 Å². The summed E-state index contributed by atoms with van der Waals surface area (Å²) in [6.07, 6.45) is 0. The van der Waals surface area contributed by atoms with Crippen LogP contribution in [0.2, 0.25) is 0 Å². The van der Waals surface area contributed by atoms with Crippen molar-refractivity contribution < 1.29 is 4.79 Å². The number of aryl methyl sites for hydroxylation is 1. The van der Waals surface area contributed by atoms with Gasteiger partial charge < -0.3 is 16.0 Å². The lowest BCUT2D eigenvalue weighted by molar-refractivity contribution is -0.130. The molecule has 100 valence electrons. The number of nitrogens with two attached hydrogens (primary N) is 1. The largest absolute Gasteiger partial charge is 0.398 e. The molecule has 3 N–H and O–H groups in total. The molecule has 0 heterocycles. The third-order valence-electron chi connectivity index (χ3n) is 2.95. The van der Waals surface area contributed by atoms with E-state index in [1.807, 2.05) is 32.9 Å². The van der Waals surface area contributed by atoms with E-state index >= 15 is 0 Å². The number of amides is 1.